The van der Waals surface area contributed by atoms with Gasteiger partial charge in [0.05, 0.1) is 19.3 Å². The van der Waals surface area contributed by atoms with Gasteiger partial charge >= 0.3 is 0 Å². The van der Waals surface area contributed by atoms with Crippen molar-refractivity contribution in [2.45, 2.75) is 25.8 Å². The van der Waals surface area contributed by atoms with Crippen LogP contribution in [0.3, 0.4) is 0 Å². The van der Waals surface area contributed by atoms with Crippen LogP contribution in [-0.4, -0.2) is 37.0 Å². The predicted octanol–water partition coefficient (Wildman–Crippen LogP) is 1.70. The molecule has 19 heavy (non-hydrogen) atoms. The quantitative estimate of drug-likeness (QED) is 0.767. The van der Waals surface area contributed by atoms with E-state index in [1.54, 1.807) is 25.3 Å². The van der Waals surface area contributed by atoms with E-state index in [0.717, 1.165) is 6.54 Å². The number of nitrogen functional groups attached to an aromatic ring is 1. The highest BCUT2D eigenvalue weighted by Gasteiger charge is 2.29. The Labute approximate surface area is 113 Å². The second-order valence-corrected chi connectivity index (χ2v) is 4.80. The van der Waals surface area contributed by atoms with Crippen molar-refractivity contribution in [2.24, 2.45) is 0 Å². The van der Waals surface area contributed by atoms with E-state index < -0.39 is 0 Å². The molecule has 1 fully saturated rings. The minimum absolute atomic E-state index is 0.0168. The highest BCUT2D eigenvalue weighted by atomic mass is 16.5. The minimum atomic E-state index is -0.0168. The lowest BCUT2D eigenvalue weighted by atomic mass is 10.2. The average molecular weight is 263 g/mol. The number of methoxy groups -OCH3 is 1. The van der Waals surface area contributed by atoms with Crippen LogP contribution in [-0.2, 0) is 4.79 Å². The third kappa shape index (κ3) is 3.61. The van der Waals surface area contributed by atoms with Crippen LogP contribution < -0.4 is 15.8 Å². The monoisotopic (exact) mass is 263 g/mol. The molecule has 3 N–H and O–H groups in total. The standard InChI is InChI=1S/C14H21N3O2/c1-3-17(11-5-6-11)9-14(18)16-12-7-4-10(15)8-13(12)19-2/h4,7-8,11H,3,5-6,9,15H2,1-2H3,(H,16,18). The molecule has 0 aliphatic heterocycles. The smallest absolute Gasteiger partial charge is 0.238 e. The van der Waals surface area contributed by atoms with Gasteiger partial charge in [-0.3, -0.25) is 9.69 Å². The fourth-order valence-corrected chi connectivity index (χ4v) is 2.12. The molecule has 104 valence electrons. The minimum Gasteiger partial charge on any atom is -0.494 e. The number of nitrogens with zero attached hydrogens (tertiary/aromatic N) is 1. The first-order chi connectivity index (χ1) is 9.13. The normalized spacial score (nSPS) is 14.5. The third-order valence-electron chi connectivity index (χ3n) is 3.32. The van der Waals surface area contributed by atoms with Crippen LogP contribution in [0.2, 0.25) is 0 Å². The number of amides is 1. The Bertz CT molecular complexity index is 458. The summed E-state index contributed by atoms with van der Waals surface area (Å²) < 4.78 is 5.21. The van der Waals surface area contributed by atoms with Crippen molar-refractivity contribution in [1.82, 2.24) is 4.90 Å². The van der Waals surface area contributed by atoms with Crippen molar-refractivity contribution in [3.05, 3.63) is 18.2 Å². The molecule has 1 aromatic carbocycles. The lowest BCUT2D eigenvalue weighted by Gasteiger charge is -2.19. The van der Waals surface area contributed by atoms with Crippen LogP contribution in [0.4, 0.5) is 11.4 Å². The van der Waals surface area contributed by atoms with E-state index in [-0.39, 0.29) is 5.91 Å². The van der Waals surface area contributed by atoms with Gasteiger partial charge in [-0.25, -0.2) is 0 Å². The van der Waals surface area contributed by atoms with Gasteiger partial charge in [-0.05, 0) is 31.5 Å². The Morgan fingerprint density at radius 2 is 2.26 bits per heavy atom. The van der Waals surface area contributed by atoms with Gasteiger partial charge in [-0.1, -0.05) is 6.92 Å². The van der Waals surface area contributed by atoms with Crippen molar-refractivity contribution >= 4 is 17.3 Å². The number of rotatable bonds is 6. The number of nitrogens with one attached hydrogen (secondary N) is 1. The SMILES string of the molecule is CCN(CC(=O)Nc1ccc(N)cc1OC)C1CC1. The molecule has 0 aromatic heterocycles. The van der Waals surface area contributed by atoms with Gasteiger partial charge in [0.15, 0.2) is 0 Å². The summed E-state index contributed by atoms with van der Waals surface area (Å²) in [7, 11) is 1.56. The van der Waals surface area contributed by atoms with Gasteiger partial charge in [-0.15, -0.1) is 0 Å². The molecule has 2 rings (SSSR count). The Kier molecular flexibility index (Phi) is 4.27. The third-order valence-corrected chi connectivity index (χ3v) is 3.32. The fraction of sp³-hybridized carbons (Fsp3) is 0.500. The van der Waals surface area contributed by atoms with Gasteiger partial charge in [0.1, 0.15) is 5.75 Å². The summed E-state index contributed by atoms with van der Waals surface area (Å²) in [5.74, 6) is 0.569. The molecule has 5 heteroatoms. The topological polar surface area (TPSA) is 67.6 Å². The number of hydrogen-bond acceptors (Lipinski definition) is 4. The zero-order valence-corrected chi connectivity index (χ0v) is 11.5. The second kappa shape index (κ2) is 5.93. The van der Waals surface area contributed by atoms with E-state index >= 15 is 0 Å². The number of hydrogen-bond donors (Lipinski definition) is 2. The summed E-state index contributed by atoms with van der Waals surface area (Å²) in [5, 5.41) is 2.87. The molecule has 1 aliphatic rings. The summed E-state index contributed by atoms with van der Waals surface area (Å²) in [6.07, 6.45) is 2.40. The maximum absolute atomic E-state index is 12.0. The summed E-state index contributed by atoms with van der Waals surface area (Å²) in [6.45, 7) is 3.40. The van der Waals surface area contributed by atoms with E-state index in [9.17, 15) is 4.79 Å². The van der Waals surface area contributed by atoms with Crippen molar-refractivity contribution in [3.8, 4) is 5.75 Å². The van der Waals surface area contributed by atoms with Crippen LogP contribution in [0.1, 0.15) is 19.8 Å². The number of carbonyl (C=O) groups excluding carboxylic acids is 1. The molecule has 0 radical (unpaired) electrons. The Hall–Kier alpha value is -1.75. The molecule has 0 atom stereocenters. The molecule has 0 heterocycles. The number of carbonyl (C=O) groups is 1. The molecule has 0 unspecified atom stereocenters. The van der Waals surface area contributed by atoms with E-state index in [1.165, 1.54) is 12.8 Å². The van der Waals surface area contributed by atoms with E-state index in [4.69, 9.17) is 10.5 Å². The Morgan fingerprint density at radius 3 is 2.84 bits per heavy atom. The zero-order chi connectivity index (χ0) is 13.8. The molecule has 1 saturated carbocycles. The van der Waals surface area contributed by atoms with Crippen molar-refractivity contribution in [3.63, 3.8) is 0 Å². The maximum atomic E-state index is 12.0. The van der Waals surface area contributed by atoms with Crippen molar-refractivity contribution in [1.29, 1.82) is 0 Å². The van der Waals surface area contributed by atoms with Gasteiger partial charge in [0, 0.05) is 17.8 Å². The van der Waals surface area contributed by atoms with E-state index in [0.29, 0.717) is 29.7 Å². The van der Waals surface area contributed by atoms with Crippen molar-refractivity contribution in [2.75, 3.05) is 31.2 Å². The van der Waals surface area contributed by atoms with Crippen LogP contribution in [0.25, 0.3) is 0 Å². The number of anilines is 2. The molecule has 1 aliphatic carbocycles. The van der Waals surface area contributed by atoms with Crippen LogP contribution in [0, 0.1) is 0 Å². The number of nitrogens with two attached hydrogens (primary N) is 1. The Balaban J connectivity index is 1.98. The lowest BCUT2D eigenvalue weighted by Crippen LogP contribution is -2.34. The fourth-order valence-electron chi connectivity index (χ4n) is 2.12. The molecule has 0 spiro atoms. The van der Waals surface area contributed by atoms with Crippen LogP contribution in [0.15, 0.2) is 18.2 Å². The largest absolute Gasteiger partial charge is 0.494 e. The lowest BCUT2D eigenvalue weighted by molar-refractivity contribution is -0.117. The summed E-state index contributed by atoms with van der Waals surface area (Å²) >= 11 is 0. The van der Waals surface area contributed by atoms with Gasteiger partial charge in [0.25, 0.3) is 0 Å². The number of benzene rings is 1. The van der Waals surface area contributed by atoms with Gasteiger partial charge in [0.2, 0.25) is 5.91 Å². The summed E-state index contributed by atoms with van der Waals surface area (Å²) in [4.78, 5) is 14.2. The zero-order valence-electron chi connectivity index (χ0n) is 11.5. The number of likely N-dealkylation sites (N-methyl/N-ethyl adjacent to an activating group) is 1. The molecule has 0 saturated heterocycles. The molecule has 5 nitrogen and oxygen atoms in total. The first-order valence-corrected chi connectivity index (χ1v) is 6.61. The average Bonchev–Trinajstić information content (AvgIpc) is 3.22. The molecular weight excluding hydrogens is 242 g/mol. The van der Waals surface area contributed by atoms with Crippen LogP contribution in [0.5, 0.6) is 5.75 Å². The van der Waals surface area contributed by atoms with E-state index in [2.05, 4.69) is 17.1 Å². The first kappa shape index (κ1) is 13.7. The van der Waals surface area contributed by atoms with Crippen molar-refractivity contribution < 1.29 is 9.53 Å². The summed E-state index contributed by atoms with van der Waals surface area (Å²) in [5.41, 5.74) is 6.96. The van der Waals surface area contributed by atoms with Gasteiger partial charge in [-0.2, -0.15) is 0 Å². The highest BCUT2D eigenvalue weighted by molar-refractivity contribution is 5.94. The maximum Gasteiger partial charge on any atom is 0.238 e. The highest BCUT2D eigenvalue weighted by Crippen LogP contribution is 2.28. The Morgan fingerprint density at radius 1 is 1.53 bits per heavy atom. The number of ether oxygens (including phenoxy) is 1. The van der Waals surface area contributed by atoms with E-state index in [1.807, 2.05) is 0 Å². The van der Waals surface area contributed by atoms with Gasteiger partial charge < -0.3 is 15.8 Å². The second-order valence-electron chi connectivity index (χ2n) is 4.80. The molecule has 0 bridgehead atoms. The summed E-state index contributed by atoms with van der Waals surface area (Å²) in [6, 6.07) is 5.80. The van der Waals surface area contributed by atoms with Crippen LogP contribution >= 0.6 is 0 Å². The molecule has 1 amide bonds. The predicted molar refractivity (Wildman–Crippen MR) is 76.3 cm³/mol. The first-order valence-electron chi connectivity index (χ1n) is 6.61. The molecule has 1 aromatic rings. The molecular formula is C14H21N3O2.